The molecule has 0 saturated heterocycles. The van der Waals surface area contributed by atoms with Crippen molar-refractivity contribution < 1.29 is 9.21 Å². The predicted octanol–water partition coefficient (Wildman–Crippen LogP) is 2.82. The van der Waals surface area contributed by atoms with Crippen molar-refractivity contribution in [2.75, 3.05) is 13.6 Å². The molecule has 0 N–H and O–H groups in total. The molecule has 1 amide bonds. The van der Waals surface area contributed by atoms with Gasteiger partial charge in [-0.1, -0.05) is 19.9 Å². The van der Waals surface area contributed by atoms with E-state index in [4.69, 9.17) is 4.42 Å². The monoisotopic (exact) mass is 287 g/mol. The second kappa shape index (κ2) is 6.52. The number of likely N-dealkylation sites (N-methyl/N-ethyl adjacent to an activating group) is 1. The zero-order valence-corrected chi connectivity index (χ0v) is 13.0. The highest BCUT2D eigenvalue weighted by atomic mass is 16.4. The number of aromatic nitrogens is 2. The number of carbonyl (C=O) groups excluding carboxylic acids is 1. The molecule has 112 valence electrons. The van der Waals surface area contributed by atoms with Gasteiger partial charge in [0.15, 0.2) is 11.6 Å². The summed E-state index contributed by atoms with van der Waals surface area (Å²) in [6.45, 7) is 6.35. The molecule has 0 atom stereocenters. The highest BCUT2D eigenvalue weighted by molar-refractivity contribution is 5.93. The summed E-state index contributed by atoms with van der Waals surface area (Å²) in [4.78, 5) is 22.6. The van der Waals surface area contributed by atoms with Gasteiger partial charge >= 0.3 is 0 Å². The summed E-state index contributed by atoms with van der Waals surface area (Å²) in [6.07, 6.45) is 2.48. The van der Waals surface area contributed by atoms with E-state index >= 15 is 0 Å². The number of oxazole rings is 1. The average molecular weight is 287 g/mol. The summed E-state index contributed by atoms with van der Waals surface area (Å²) < 4.78 is 5.54. The van der Waals surface area contributed by atoms with E-state index in [-0.39, 0.29) is 11.8 Å². The minimum absolute atomic E-state index is 0.112. The standard InChI is InChI=1S/C16H21N3O2/c1-11(2)15-18-14(12(3)21-15)16(20)19(4)10-8-13-7-5-6-9-17-13/h5-7,9,11H,8,10H2,1-4H3. The van der Waals surface area contributed by atoms with Crippen molar-refractivity contribution >= 4 is 5.91 Å². The van der Waals surface area contributed by atoms with Crippen molar-refractivity contribution in [3.8, 4) is 0 Å². The van der Waals surface area contributed by atoms with Crippen molar-refractivity contribution in [2.45, 2.75) is 33.1 Å². The van der Waals surface area contributed by atoms with E-state index in [2.05, 4.69) is 9.97 Å². The molecule has 0 bridgehead atoms. The SMILES string of the molecule is Cc1oc(C(C)C)nc1C(=O)N(C)CCc1ccccn1. The number of nitrogens with zero attached hydrogens (tertiary/aromatic N) is 3. The lowest BCUT2D eigenvalue weighted by molar-refractivity contribution is 0.0789. The Kier molecular flexibility index (Phi) is 4.73. The number of rotatable bonds is 5. The Morgan fingerprint density at radius 1 is 1.38 bits per heavy atom. The number of hydrogen-bond donors (Lipinski definition) is 0. The lowest BCUT2D eigenvalue weighted by Crippen LogP contribution is -2.29. The molecule has 0 aliphatic heterocycles. The van der Waals surface area contributed by atoms with Gasteiger partial charge in [-0.15, -0.1) is 0 Å². The fourth-order valence-corrected chi connectivity index (χ4v) is 1.97. The lowest BCUT2D eigenvalue weighted by atomic mass is 10.2. The Balaban J connectivity index is 2.02. The summed E-state index contributed by atoms with van der Waals surface area (Å²) in [5.41, 5.74) is 1.37. The second-order valence-corrected chi connectivity index (χ2v) is 5.41. The molecule has 5 heteroatoms. The molecule has 0 unspecified atom stereocenters. The van der Waals surface area contributed by atoms with Crippen molar-refractivity contribution in [3.63, 3.8) is 0 Å². The van der Waals surface area contributed by atoms with Crippen LogP contribution in [0.3, 0.4) is 0 Å². The van der Waals surface area contributed by atoms with Crippen LogP contribution in [0.15, 0.2) is 28.8 Å². The average Bonchev–Trinajstić information content (AvgIpc) is 2.87. The summed E-state index contributed by atoms with van der Waals surface area (Å²) in [5, 5.41) is 0. The summed E-state index contributed by atoms with van der Waals surface area (Å²) in [7, 11) is 1.77. The van der Waals surface area contributed by atoms with Crippen LogP contribution in [0.4, 0.5) is 0 Å². The van der Waals surface area contributed by atoms with Crippen LogP contribution in [0.1, 0.15) is 47.6 Å². The molecule has 0 aliphatic rings. The largest absolute Gasteiger partial charge is 0.445 e. The van der Waals surface area contributed by atoms with Crippen LogP contribution in [-0.2, 0) is 6.42 Å². The maximum atomic E-state index is 12.4. The first-order valence-corrected chi connectivity index (χ1v) is 7.11. The topological polar surface area (TPSA) is 59.2 Å². The second-order valence-electron chi connectivity index (χ2n) is 5.41. The number of pyridine rings is 1. The fraction of sp³-hybridized carbons (Fsp3) is 0.438. The first-order chi connectivity index (χ1) is 9.99. The van der Waals surface area contributed by atoms with Gasteiger partial charge in [-0.2, -0.15) is 0 Å². The minimum atomic E-state index is -0.112. The molecule has 2 aromatic heterocycles. The van der Waals surface area contributed by atoms with E-state index in [0.29, 0.717) is 23.9 Å². The smallest absolute Gasteiger partial charge is 0.275 e. The fourth-order valence-electron chi connectivity index (χ4n) is 1.97. The van der Waals surface area contributed by atoms with Crippen molar-refractivity contribution in [1.29, 1.82) is 0 Å². The van der Waals surface area contributed by atoms with E-state index in [0.717, 1.165) is 12.1 Å². The van der Waals surface area contributed by atoms with Crippen LogP contribution in [0.5, 0.6) is 0 Å². The predicted molar refractivity (Wildman–Crippen MR) is 80.2 cm³/mol. The van der Waals surface area contributed by atoms with Crippen molar-refractivity contribution in [2.24, 2.45) is 0 Å². The lowest BCUT2D eigenvalue weighted by Gasteiger charge is -2.15. The maximum absolute atomic E-state index is 12.4. The highest BCUT2D eigenvalue weighted by Crippen LogP contribution is 2.18. The quantitative estimate of drug-likeness (QED) is 0.848. The Labute approximate surface area is 125 Å². The zero-order chi connectivity index (χ0) is 15.4. The van der Waals surface area contributed by atoms with Gasteiger partial charge in [-0.3, -0.25) is 9.78 Å². The van der Waals surface area contributed by atoms with Gasteiger partial charge in [0.2, 0.25) is 0 Å². The van der Waals surface area contributed by atoms with Gasteiger partial charge < -0.3 is 9.32 Å². The van der Waals surface area contributed by atoms with Gasteiger partial charge in [0, 0.05) is 37.8 Å². The van der Waals surface area contributed by atoms with Crippen LogP contribution in [0.2, 0.25) is 0 Å². The molecular formula is C16H21N3O2. The van der Waals surface area contributed by atoms with Crippen LogP contribution < -0.4 is 0 Å². The molecule has 2 heterocycles. The normalized spacial score (nSPS) is 10.9. The molecule has 2 rings (SSSR count). The highest BCUT2D eigenvalue weighted by Gasteiger charge is 2.21. The molecule has 0 saturated carbocycles. The maximum Gasteiger partial charge on any atom is 0.275 e. The number of carbonyl (C=O) groups is 1. The van der Waals surface area contributed by atoms with Crippen LogP contribution in [0, 0.1) is 6.92 Å². The molecular weight excluding hydrogens is 266 g/mol. The van der Waals surface area contributed by atoms with Crippen molar-refractivity contribution in [1.82, 2.24) is 14.9 Å². The third kappa shape index (κ3) is 3.68. The Morgan fingerprint density at radius 3 is 2.71 bits per heavy atom. The third-order valence-electron chi connectivity index (χ3n) is 3.29. The summed E-state index contributed by atoms with van der Waals surface area (Å²) in [5.74, 6) is 1.24. The van der Waals surface area contributed by atoms with Crippen LogP contribution in [0.25, 0.3) is 0 Å². The Hall–Kier alpha value is -2.17. The Morgan fingerprint density at radius 2 is 2.14 bits per heavy atom. The third-order valence-corrected chi connectivity index (χ3v) is 3.29. The van der Waals surface area contributed by atoms with Gasteiger partial charge in [0.25, 0.3) is 5.91 Å². The van der Waals surface area contributed by atoms with Gasteiger partial charge in [0.05, 0.1) is 0 Å². The van der Waals surface area contributed by atoms with Crippen LogP contribution >= 0.6 is 0 Å². The number of aryl methyl sites for hydroxylation is 1. The van der Waals surface area contributed by atoms with Crippen LogP contribution in [-0.4, -0.2) is 34.4 Å². The molecule has 0 spiro atoms. The minimum Gasteiger partial charge on any atom is -0.445 e. The van der Waals surface area contributed by atoms with E-state index < -0.39 is 0 Å². The van der Waals surface area contributed by atoms with Gasteiger partial charge in [0.1, 0.15) is 5.76 Å². The van der Waals surface area contributed by atoms with Gasteiger partial charge in [-0.05, 0) is 19.1 Å². The number of amides is 1. The molecule has 0 aliphatic carbocycles. The number of hydrogen-bond acceptors (Lipinski definition) is 4. The van der Waals surface area contributed by atoms with Gasteiger partial charge in [-0.25, -0.2) is 4.98 Å². The molecule has 5 nitrogen and oxygen atoms in total. The zero-order valence-electron chi connectivity index (χ0n) is 13.0. The van der Waals surface area contributed by atoms with E-state index in [1.807, 2.05) is 32.0 Å². The van der Waals surface area contributed by atoms with E-state index in [9.17, 15) is 4.79 Å². The molecule has 2 aromatic rings. The summed E-state index contributed by atoms with van der Waals surface area (Å²) in [6, 6.07) is 5.78. The van der Waals surface area contributed by atoms with E-state index in [1.165, 1.54) is 0 Å². The van der Waals surface area contributed by atoms with E-state index in [1.54, 1.807) is 25.1 Å². The molecule has 0 aromatic carbocycles. The molecule has 0 fully saturated rings. The first-order valence-electron chi connectivity index (χ1n) is 7.11. The van der Waals surface area contributed by atoms with Crippen molar-refractivity contribution in [3.05, 3.63) is 47.4 Å². The molecule has 21 heavy (non-hydrogen) atoms. The summed E-state index contributed by atoms with van der Waals surface area (Å²) >= 11 is 0. The Bertz CT molecular complexity index is 605. The first kappa shape index (κ1) is 15.2. The molecule has 0 radical (unpaired) electrons.